The molecule has 1 saturated carbocycles. The first-order valence-corrected chi connectivity index (χ1v) is 9.08. The maximum absolute atomic E-state index is 13.0. The molecule has 5 nitrogen and oxygen atoms in total. The second kappa shape index (κ2) is 6.39. The molecule has 2 atom stereocenters. The van der Waals surface area contributed by atoms with Gasteiger partial charge in [0.1, 0.15) is 0 Å². The number of para-hydroxylation sites is 1. The highest BCUT2D eigenvalue weighted by atomic mass is 16.5. The van der Waals surface area contributed by atoms with Crippen molar-refractivity contribution in [1.82, 2.24) is 9.88 Å². The molecule has 0 radical (unpaired) electrons. The minimum absolute atomic E-state index is 0.0511. The molecule has 1 saturated heterocycles. The number of benzene rings is 1. The molecule has 2 heterocycles. The van der Waals surface area contributed by atoms with Crippen LogP contribution in [0.2, 0.25) is 0 Å². The minimum Gasteiger partial charge on any atom is -0.392 e. The van der Waals surface area contributed by atoms with Crippen molar-refractivity contribution in [3.05, 3.63) is 42.1 Å². The van der Waals surface area contributed by atoms with Gasteiger partial charge in [-0.3, -0.25) is 9.78 Å². The van der Waals surface area contributed by atoms with Gasteiger partial charge in [-0.15, -0.1) is 0 Å². The number of pyridine rings is 1. The Labute approximate surface area is 147 Å². The number of hydrogen-bond donors (Lipinski definition) is 1. The van der Waals surface area contributed by atoms with E-state index in [1.807, 2.05) is 36.1 Å². The fraction of sp³-hybridized carbons (Fsp3) is 0.500. The minimum atomic E-state index is -0.303. The van der Waals surface area contributed by atoms with Crippen LogP contribution in [-0.4, -0.2) is 52.8 Å². The van der Waals surface area contributed by atoms with E-state index in [9.17, 15) is 9.90 Å². The van der Waals surface area contributed by atoms with E-state index in [1.54, 1.807) is 12.3 Å². The van der Waals surface area contributed by atoms with Crippen molar-refractivity contribution in [2.75, 3.05) is 19.7 Å². The number of hydrogen-bond acceptors (Lipinski definition) is 4. The van der Waals surface area contributed by atoms with Crippen molar-refractivity contribution < 1.29 is 14.6 Å². The number of nitrogens with zero attached hydrogens (tertiary/aromatic N) is 2. The third-order valence-corrected chi connectivity index (χ3v) is 5.97. The smallest absolute Gasteiger partial charge is 0.254 e. The van der Waals surface area contributed by atoms with Crippen LogP contribution >= 0.6 is 0 Å². The monoisotopic (exact) mass is 340 g/mol. The van der Waals surface area contributed by atoms with Crippen LogP contribution in [0.5, 0.6) is 0 Å². The van der Waals surface area contributed by atoms with E-state index in [0.29, 0.717) is 25.3 Å². The highest BCUT2D eigenvalue weighted by molar-refractivity contribution is 6.06. The Morgan fingerprint density at radius 3 is 2.80 bits per heavy atom. The number of carbonyl (C=O) groups excluding carboxylic acids is 1. The van der Waals surface area contributed by atoms with E-state index >= 15 is 0 Å². The zero-order valence-electron chi connectivity index (χ0n) is 14.5. The molecule has 132 valence electrons. The SMILES string of the molecule is CCOC1CC(O)C12CCN(C(=O)c1ccnc3ccccc13)CC2. The van der Waals surface area contributed by atoms with Crippen LogP contribution in [0, 0.1) is 5.41 Å². The van der Waals surface area contributed by atoms with Gasteiger partial charge in [-0.1, -0.05) is 18.2 Å². The highest BCUT2D eigenvalue weighted by Crippen LogP contribution is 2.51. The molecule has 2 fully saturated rings. The topological polar surface area (TPSA) is 62.7 Å². The largest absolute Gasteiger partial charge is 0.392 e. The van der Waals surface area contributed by atoms with Crippen LogP contribution < -0.4 is 0 Å². The van der Waals surface area contributed by atoms with E-state index in [0.717, 1.165) is 30.2 Å². The molecule has 2 aromatic rings. The Balaban J connectivity index is 1.52. The number of aliphatic hydroxyl groups is 1. The van der Waals surface area contributed by atoms with E-state index in [-0.39, 0.29) is 23.5 Å². The Kier molecular flexibility index (Phi) is 4.21. The second-order valence-corrected chi connectivity index (χ2v) is 7.10. The number of carbonyl (C=O) groups is 1. The molecule has 25 heavy (non-hydrogen) atoms. The molecule has 2 aliphatic rings. The summed E-state index contributed by atoms with van der Waals surface area (Å²) >= 11 is 0. The lowest BCUT2D eigenvalue weighted by Gasteiger charge is -2.56. The Morgan fingerprint density at radius 1 is 1.32 bits per heavy atom. The predicted molar refractivity (Wildman–Crippen MR) is 95.4 cm³/mol. The van der Waals surface area contributed by atoms with Crippen LogP contribution in [0.25, 0.3) is 10.9 Å². The van der Waals surface area contributed by atoms with Gasteiger partial charge in [0.15, 0.2) is 0 Å². The summed E-state index contributed by atoms with van der Waals surface area (Å²) in [7, 11) is 0. The first-order valence-electron chi connectivity index (χ1n) is 9.08. The van der Waals surface area contributed by atoms with Gasteiger partial charge >= 0.3 is 0 Å². The zero-order chi connectivity index (χ0) is 17.4. The molecule has 1 aromatic carbocycles. The van der Waals surface area contributed by atoms with Crippen molar-refractivity contribution in [2.24, 2.45) is 5.41 Å². The predicted octanol–water partition coefficient (Wildman–Crippen LogP) is 2.63. The zero-order valence-corrected chi connectivity index (χ0v) is 14.5. The van der Waals surface area contributed by atoms with E-state index in [2.05, 4.69) is 4.98 Å². The summed E-state index contributed by atoms with van der Waals surface area (Å²) in [5, 5.41) is 11.2. The first kappa shape index (κ1) is 16.5. The lowest BCUT2D eigenvalue weighted by Crippen LogP contribution is -2.62. The molecule has 1 amide bonds. The summed E-state index contributed by atoms with van der Waals surface area (Å²) < 4.78 is 5.81. The molecular formula is C20H24N2O3. The third-order valence-electron chi connectivity index (χ3n) is 5.97. The van der Waals surface area contributed by atoms with Crippen LogP contribution in [0.4, 0.5) is 0 Å². The fourth-order valence-electron chi connectivity index (χ4n) is 4.40. The standard InChI is InChI=1S/C20H24N2O3/c1-2-25-18-13-17(23)20(18)8-11-22(12-9-20)19(24)15-7-10-21-16-6-4-3-5-14(15)16/h3-7,10,17-18,23H,2,8-9,11-13H2,1H3. The van der Waals surface area contributed by atoms with Crippen molar-refractivity contribution >= 4 is 16.8 Å². The van der Waals surface area contributed by atoms with Crippen molar-refractivity contribution in [1.29, 1.82) is 0 Å². The molecule has 1 aliphatic heterocycles. The van der Waals surface area contributed by atoms with Gasteiger partial charge in [-0.05, 0) is 31.9 Å². The Hall–Kier alpha value is -1.98. The van der Waals surface area contributed by atoms with E-state index in [1.165, 1.54) is 0 Å². The van der Waals surface area contributed by atoms with E-state index < -0.39 is 0 Å². The summed E-state index contributed by atoms with van der Waals surface area (Å²) in [6, 6.07) is 9.54. The number of piperidine rings is 1. The summed E-state index contributed by atoms with van der Waals surface area (Å²) in [5.74, 6) is 0.0511. The van der Waals surface area contributed by atoms with Gasteiger partial charge in [-0.2, -0.15) is 0 Å². The van der Waals surface area contributed by atoms with Gasteiger partial charge in [0, 0.05) is 43.1 Å². The number of fused-ring (bicyclic) bond motifs is 1. The van der Waals surface area contributed by atoms with Gasteiger partial charge in [0.05, 0.1) is 23.3 Å². The Bertz CT molecular complexity index is 776. The first-order chi connectivity index (χ1) is 12.2. The summed E-state index contributed by atoms with van der Waals surface area (Å²) in [5.41, 5.74) is 1.39. The molecule has 2 unspecified atom stereocenters. The quantitative estimate of drug-likeness (QED) is 0.933. The van der Waals surface area contributed by atoms with Crippen LogP contribution in [-0.2, 0) is 4.74 Å². The highest BCUT2D eigenvalue weighted by Gasteiger charge is 2.56. The third kappa shape index (κ3) is 2.62. The molecule has 0 bridgehead atoms. The molecule has 1 aromatic heterocycles. The van der Waals surface area contributed by atoms with Crippen LogP contribution in [0.1, 0.15) is 36.5 Å². The molecule has 4 rings (SSSR count). The average molecular weight is 340 g/mol. The van der Waals surface area contributed by atoms with Gasteiger partial charge in [0.25, 0.3) is 5.91 Å². The van der Waals surface area contributed by atoms with Crippen molar-refractivity contribution in [3.8, 4) is 0 Å². The lowest BCUT2D eigenvalue weighted by atomic mass is 9.58. The maximum Gasteiger partial charge on any atom is 0.254 e. The van der Waals surface area contributed by atoms with Crippen LogP contribution in [0.3, 0.4) is 0 Å². The molecular weight excluding hydrogens is 316 g/mol. The Morgan fingerprint density at radius 2 is 2.08 bits per heavy atom. The van der Waals surface area contributed by atoms with Crippen molar-refractivity contribution in [2.45, 2.75) is 38.4 Å². The summed E-state index contributed by atoms with van der Waals surface area (Å²) in [6.07, 6.45) is 3.84. The van der Waals surface area contributed by atoms with Gasteiger partial charge < -0.3 is 14.7 Å². The number of aliphatic hydroxyl groups excluding tert-OH is 1. The van der Waals surface area contributed by atoms with Crippen molar-refractivity contribution in [3.63, 3.8) is 0 Å². The van der Waals surface area contributed by atoms with Gasteiger partial charge in [-0.25, -0.2) is 0 Å². The van der Waals surface area contributed by atoms with Crippen LogP contribution in [0.15, 0.2) is 36.5 Å². The summed E-state index contributed by atoms with van der Waals surface area (Å²) in [4.78, 5) is 19.3. The molecule has 5 heteroatoms. The number of aromatic nitrogens is 1. The molecule has 1 N–H and O–H groups in total. The average Bonchev–Trinajstić information content (AvgIpc) is 2.67. The number of amides is 1. The second-order valence-electron chi connectivity index (χ2n) is 7.10. The molecule has 1 spiro atoms. The number of rotatable bonds is 3. The number of likely N-dealkylation sites (tertiary alicyclic amines) is 1. The van der Waals surface area contributed by atoms with Gasteiger partial charge in [0.2, 0.25) is 0 Å². The molecule has 1 aliphatic carbocycles. The normalized spacial score (nSPS) is 25.1. The fourth-order valence-corrected chi connectivity index (χ4v) is 4.40. The summed E-state index contributed by atoms with van der Waals surface area (Å²) in [6.45, 7) is 3.99. The lowest BCUT2D eigenvalue weighted by molar-refractivity contribution is -0.207. The van der Waals surface area contributed by atoms with E-state index in [4.69, 9.17) is 4.74 Å². The number of ether oxygens (including phenoxy) is 1. The maximum atomic E-state index is 13.0.